The van der Waals surface area contributed by atoms with Gasteiger partial charge < -0.3 is 5.32 Å². The van der Waals surface area contributed by atoms with Gasteiger partial charge in [0.15, 0.2) is 0 Å². The van der Waals surface area contributed by atoms with Gasteiger partial charge in [0, 0.05) is 13.1 Å². The fourth-order valence-electron chi connectivity index (χ4n) is 2.51. The van der Waals surface area contributed by atoms with Gasteiger partial charge in [-0.1, -0.05) is 84.4 Å². The fraction of sp³-hybridized carbons (Fsp3) is 0.143. The van der Waals surface area contributed by atoms with Crippen molar-refractivity contribution in [3.05, 3.63) is 95.6 Å². The Morgan fingerprint density at radius 3 is 1.68 bits per heavy atom. The van der Waals surface area contributed by atoms with Crippen LogP contribution in [0.3, 0.4) is 0 Å². The average molecular weight is 287 g/mol. The Balaban J connectivity index is 1.58. The van der Waals surface area contributed by atoms with Crippen LogP contribution in [-0.2, 0) is 13.1 Å². The second kappa shape index (κ2) is 7.06. The topological polar surface area (TPSA) is 12.0 Å². The van der Waals surface area contributed by atoms with E-state index in [4.69, 9.17) is 0 Å². The summed E-state index contributed by atoms with van der Waals surface area (Å²) in [6, 6.07) is 28.0. The van der Waals surface area contributed by atoms with E-state index < -0.39 is 0 Å². The molecule has 110 valence electrons. The molecule has 1 N–H and O–H groups in total. The third kappa shape index (κ3) is 3.84. The molecule has 0 amide bonds. The number of rotatable bonds is 5. The highest BCUT2D eigenvalue weighted by Gasteiger charge is 1.98. The Bertz CT molecular complexity index is 697. The molecule has 0 fully saturated rings. The van der Waals surface area contributed by atoms with Gasteiger partial charge in [-0.3, -0.25) is 0 Å². The summed E-state index contributed by atoms with van der Waals surface area (Å²) >= 11 is 0. The van der Waals surface area contributed by atoms with Gasteiger partial charge in [0.1, 0.15) is 0 Å². The van der Waals surface area contributed by atoms with Crippen LogP contribution in [0.1, 0.15) is 16.7 Å². The lowest BCUT2D eigenvalue weighted by molar-refractivity contribution is 0.693. The smallest absolute Gasteiger partial charge is 0.0208 e. The molecule has 0 unspecified atom stereocenters. The van der Waals surface area contributed by atoms with Crippen LogP contribution >= 0.6 is 0 Å². The van der Waals surface area contributed by atoms with Gasteiger partial charge in [-0.05, 0) is 29.2 Å². The van der Waals surface area contributed by atoms with E-state index >= 15 is 0 Å². The molecule has 0 atom stereocenters. The first-order valence-corrected chi connectivity index (χ1v) is 7.72. The van der Waals surface area contributed by atoms with Crippen molar-refractivity contribution in [3.8, 4) is 11.1 Å². The van der Waals surface area contributed by atoms with Gasteiger partial charge >= 0.3 is 0 Å². The highest BCUT2D eigenvalue weighted by molar-refractivity contribution is 5.63. The third-order valence-electron chi connectivity index (χ3n) is 3.84. The van der Waals surface area contributed by atoms with E-state index in [1.165, 1.54) is 27.8 Å². The maximum absolute atomic E-state index is 3.48. The van der Waals surface area contributed by atoms with Crippen molar-refractivity contribution in [3.63, 3.8) is 0 Å². The molecule has 0 saturated heterocycles. The second-order valence-corrected chi connectivity index (χ2v) is 5.65. The molecule has 22 heavy (non-hydrogen) atoms. The molecule has 3 aromatic carbocycles. The summed E-state index contributed by atoms with van der Waals surface area (Å²) in [5.41, 5.74) is 6.47. The van der Waals surface area contributed by atoms with E-state index in [1.807, 2.05) is 6.07 Å². The van der Waals surface area contributed by atoms with Crippen molar-refractivity contribution in [2.24, 2.45) is 0 Å². The summed E-state index contributed by atoms with van der Waals surface area (Å²) in [6.07, 6.45) is 0. The summed E-state index contributed by atoms with van der Waals surface area (Å²) in [5, 5.41) is 3.48. The maximum Gasteiger partial charge on any atom is 0.0208 e. The summed E-state index contributed by atoms with van der Waals surface area (Å²) in [5.74, 6) is 0. The highest BCUT2D eigenvalue weighted by Crippen LogP contribution is 2.20. The lowest BCUT2D eigenvalue weighted by Crippen LogP contribution is -2.12. The normalized spacial score (nSPS) is 10.6. The van der Waals surface area contributed by atoms with Gasteiger partial charge in [0.2, 0.25) is 0 Å². The summed E-state index contributed by atoms with van der Waals surface area (Å²) < 4.78 is 0. The summed E-state index contributed by atoms with van der Waals surface area (Å²) in [6.45, 7) is 3.91. The lowest BCUT2D eigenvalue weighted by Gasteiger charge is -2.07. The minimum Gasteiger partial charge on any atom is -0.309 e. The highest BCUT2D eigenvalue weighted by atomic mass is 14.8. The van der Waals surface area contributed by atoms with E-state index in [9.17, 15) is 0 Å². The van der Waals surface area contributed by atoms with Crippen molar-refractivity contribution in [2.45, 2.75) is 20.0 Å². The van der Waals surface area contributed by atoms with Crippen molar-refractivity contribution in [1.82, 2.24) is 5.32 Å². The van der Waals surface area contributed by atoms with Gasteiger partial charge in [-0.25, -0.2) is 0 Å². The molecule has 0 aromatic heterocycles. The number of benzene rings is 3. The van der Waals surface area contributed by atoms with E-state index in [1.54, 1.807) is 0 Å². The van der Waals surface area contributed by atoms with Crippen molar-refractivity contribution in [1.29, 1.82) is 0 Å². The van der Waals surface area contributed by atoms with E-state index in [0.717, 1.165) is 13.1 Å². The van der Waals surface area contributed by atoms with Crippen LogP contribution in [0.15, 0.2) is 78.9 Å². The molecule has 0 bridgehead atoms. The zero-order chi connectivity index (χ0) is 15.2. The predicted octanol–water partition coefficient (Wildman–Crippen LogP) is 4.95. The first-order valence-electron chi connectivity index (χ1n) is 7.72. The number of nitrogens with one attached hydrogen (secondary N) is 1. The zero-order valence-electron chi connectivity index (χ0n) is 12.9. The fourth-order valence-corrected chi connectivity index (χ4v) is 2.51. The monoisotopic (exact) mass is 287 g/mol. The number of aryl methyl sites for hydroxylation is 1. The molecule has 0 aliphatic rings. The van der Waals surface area contributed by atoms with Crippen LogP contribution in [0.2, 0.25) is 0 Å². The molecule has 1 nitrogen and oxygen atoms in total. The quantitative estimate of drug-likeness (QED) is 0.700. The molecule has 3 rings (SSSR count). The van der Waals surface area contributed by atoms with Crippen LogP contribution in [0.5, 0.6) is 0 Å². The van der Waals surface area contributed by atoms with Crippen molar-refractivity contribution in [2.75, 3.05) is 0 Å². The van der Waals surface area contributed by atoms with Crippen LogP contribution < -0.4 is 5.32 Å². The molecule has 0 aliphatic carbocycles. The van der Waals surface area contributed by atoms with Crippen LogP contribution in [0.25, 0.3) is 11.1 Å². The van der Waals surface area contributed by atoms with Crippen LogP contribution in [0.4, 0.5) is 0 Å². The third-order valence-corrected chi connectivity index (χ3v) is 3.84. The molecule has 0 heterocycles. The molecule has 0 spiro atoms. The Kier molecular flexibility index (Phi) is 4.67. The first kappa shape index (κ1) is 14.6. The minimum absolute atomic E-state index is 0.892. The Hall–Kier alpha value is -2.38. The van der Waals surface area contributed by atoms with Gasteiger partial charge in [-0.15, -0.1) is 0 Å². The predicted molar refractivity (Wildman–Crippen MR) is 93.6 cm³/mol. The van der Waals surface area contributed by atoms with E-state index in [2.05, 4.69) is 85.0 Å². The molecule has 0 saturated carbocycles. The van der Waals surface area contributed by atoms with Gasteiger partial charge in [0.05, 0.1) is 0 Å². The van der Waals surface area contributed by atoms with Crippen molar-refractivity contribution < 1.29 is 0 Å². The standard InChI is InChI=1S/C21H21N/c1-17-7-11-20(12-8-17)21-13-9-19(10-14-21)16-22-15-18-5-3-2-4-6-18/h2-14,22H,15-16H2,1H3. The van der Waals surface area contributed by atoms with E-state index in [0.29, 0.717) is 0 Å². The molecule has 1 heteroatoms. The maximum atomic E-state index is 3.48. The number of hydrogen-bond donors (Lipinski definition) is 1. The Morgan fingerprint density at radius 2 is 1.09 bits per heavy atom. The minimum atomic E-state index is 0.892. The largest absolute Gasteiger partial charge is 0.309 e. The second-order valence-electron chi connectivity index (χ2n) is 5.65. The van der Waals surface area contributed by atoms with Gasteiger partial charge in [0.25, 0.3) is 0 Å². The summed E-state index contributed by atoms with van der Waals surface area (Å²) in [7, 11) is 0. The molecular formula is C21H21N. The lowest BCUT2D eigenvalue weighted by atomic mass is 10.0. The van der Waals surface area contributed by atoms with Gasteiger partial charge in [-0.2, -0.15) is 0 Å². The first-order chi connectivity index (χ1) is 10.8. The van der Waals surface area contributed by atoms with Crippen LogP contribution in [-0.4, -0.2) is 0 Å². The number of hydrogen-bond acceptors (Lipinski definition) is 1. The molecule has 0 radical (unpaired) electrons. The SMILES string of the molecule is Cc1ccc(-c2ccc(CNCc3ccccc3)cc2)cc1. The zero-order valence-corrected chi connectivity index (χ0v) is 12.9. The van der Waals surface area contributed by atoms with E-state index in [-0.39, 0.29) is 0 Å². The average Bonchev–Trinajstić information content (AvgIpc) is 2.57. The molecule has 0 aliphatic heterocycles. The Labute approximate surface area is 132 Å². The molecular weight excluding hydrogens is 266 g/mol. The molecule has 3 aromatic rings. The summed E-state index contributed by atoms with van der Waals surface area (Å²) in [4.78, 5) is 0. The van der Waals surface area contributed by atoms with Crippen LogP contribution in [0, 0.1) is 6.92 Å². The van der Waals surface area contributed by atoms with Crippen molar-refractivity contribution >= 4 is 0 Å². The Morgan fingerprint density at radius 1 is 0.591 bits per heavy atom.